The molecule has 0 N–H and O–H groups in total. The Morgan fingerprint density at radius 1 is 1.23 bits per heavy atom. The van der Waals surface area contributed by atoms with Gasteiger partial charge >= 0.3 is 0 Å². The molecule has 3 nitrogen and oxygen atoms in total. The smallest absolute Gasteiger partial charge is 0.220 e. The quantitative estimate of drug-likeness (QED) is 0.802. The van der Waals surface area contributed by atoms with Gasteiger partial charge in [-0.2, -0.15) is 5.10 Å². The van der Waals surface area contributed by atoms with Crippen molar-refractivity contribution in [2.75, 3.05) is 7.11 Å². The molecular weight excluding hydrogens is 296 g/mol. The summed E-state index contributed by atoms with van der Waals surface area (Å²) in [5, 5.41) is 5.69. The molecule has 1 saturated carbocycles. The number of aromatic nitrogens is 2. The molecule has 4 rings (SSSR count). The number of ether oxygens (including phenoxy) is 1. The molecule has 2 bridgehead atoms. The molecule has 116 valence electrons. The average molecular weight is 317 g/mol. The Labute approximate surface area is 136 Å². The van der Waals surface area contributed by atoms with Crippen LogP contribution in [-0.2, 0) is 5.41 Å². The molecule has 1 heterocycles. The Hall–Kier alpha value is -1.48. The zero-order valence-electron chi connectivity index (χ0n) is 13.5. The maximum atomic E-state index is 6.00. The topological polar surface area (TPSA) is 27.1 Å². The van der Waals surface area contributed by atoms with Crippen LogP contribution in [0.2, 0.25) is 5.02 Å². The summed E-state index contributed by atoms with van der Waals surface area (Å²) < 4.78 is 7.71. The lowest BCUT2D eigenvalue weighted by atomic mass is 9.70. The highest BCUT2D eigenvalue weighted by molar-refractivity contribution is 6.30. The summed E-state index contributed by atoms with van der Waals surface area (Å²) in [6.07, 6.45) is 2.43. The summed E-state index contributed by atoms with van der Waals surface area (Å²) in [6.45, 7) is 7.11. The van der Waals surface area contributed by atoms with Crippen molar-refractivity contribution in [2.24, 2.45) is 5.41 Å². The maximum Gasteiger partial charge on any atom is 0.220 e. The van der Waals surface area contributed by atoms with Crippen LogP contribution in [0.25, 0.3) is 5.69 Å². The highest BCUT2D eigenvalue weighted by atomic mass is 35.5. The molecule has 22 heavy (non-hydrogen) atoms. The van der Waals surface area contributed by atoms with E-state index in [1.54, 1.807) is 7.11 Å². The number of nitrogens with zero attached hydrogens (tertiary/aromatic N) is 2. The number of benzene rings is 1. The van der Waals surface area contributed by atoms with E-state index in [0.717, 1.165) is 16.6 Å². The third-order valence-corrected chi connectivity index (χ3v) is 6.49. The van der Waals surface area contributed by atoms with E-state index in [1.807, 2.05) is 28.9 Å². The summed E-state index contributed by atoms with van der Waals surface area (Å²) in [4.78, 5) is 0. The van der Waals surface area contributed by atoms with Crippen molar-refractivity contribution in [3.8, 4) is 11.6 Å². The van der Waals surface area contributed by atoms with Gasteiger partial charge in [-0.3, -0.25) is 0 Å². The van der Waals surface area contributed by atoms with Gasteiger partial charge in [0.05, 0.1) is 18.5 Å². The van der Waals surface area contributed by atoms with Gasteiger partial charge in [-0.25, -0.2) is 4.68 Å². The lowest BCUT2D eigenvalue weighted by Crippen LogP contribution is -2.32. The summed E-state index contributed by atoms with van der Waals surface area (Å²) in [6, 6.07) is 7.76. The highest BCUT2D eigenvalue weighted by Gasteiger charge is 2.62. The van der Waals surface area contributed by atoms with Gasteiger partial charge in [0.2, 0.25) is 5.88 Å². The monoisotopic (exact) mass is 316 g/mol. The fraction of sp³-hybridized carbons (Fsp3) is 0.500. The van der Waals surface area contributed by atoms with Crippen LogP contribution in [0.3, 0.4) is 0 Å². The predicted octanol–water partition coefficient (Wildman–Crippen LogP) is 4.71. The standard InChI is InChI=1S/C18H21ClN2O/c1-17(2)13-9-10-18(17,3)15-14(13)16(22-4)21(20-15)12-7-5-11(19)6-8-12/h5-8,13H,9-10H2,1-4H3. The number of methoxy groups -OCH3 is 1. The van der Waals surface area contributed by atoms with Gasteiger partial charge in [-0.15, -0.1) is 0 Å². The van der Waals surface area contributed by atoms with E-state index in [9.17, 15) is 0 Å². The van der Waals surface area contributed by atoms with Crippen LogP contribution in [0.1, 0.15) is 50.8 Å². The molecule has 1 aromatic carbocycles. The van der Waals surface area contributed by atoms with Gasteiger partial charge in [0, 0.05) is 16.0 Å². The molecule has 0 spiro atoms. The SMILES string of the molecule is COc1c2c(nn1-c1ccc(Cl)cc1)C1(C)CCC2C1(C)C. The molecule has 4 heteroatoms. The Morgan fingerprint density at radius 2 is 1.91 bits per heavy atom. The second kappa shape index (κ2) is 4.29. The van der Waals surface area contributed by atoms with Crippen molar-refractivity contribution in [1.29, 1.82) is 0 Å². The highest BCUT2D eigenvalue weighted by Crippen LogP contribution is 2.69. The summed E-state index contributed by atoms with van der Waals surface area (Å²) in [5.41, 5.74) is 3.92. The zero-order valence-corrected chi connectivity index (χ0v) is 14.2. The van der Waals surface area contributed by atoms with E-state index in [-0.39, 0.29) is 10.8 Å². The van der Waals surface area contributed by atoms with Crippen molar-refractivity contribution in [3.05, 3.63) is 40.5 Å². The minimum Gasteiger partial charge on any atom is -0.481 e. The molecule has 2 aliphatic rings. The first-order chi connectivity index (χ1) is 10.4. The third-order valence-electron chi connectivity index (χ3n) is 6.24. The van der Waals surface area contributed by atoms with Crippen LogP contribution in [-0.4, -0.2) is 16.9 Å². The van der Waals surface area contributed by atoms with E-state index in [1.165, 1.54) is 24.1 Å². The van der Waals surface area contributed by atoms with E-state index >= 15 is 0 Å². The molecule has 2 atom stereocenters. The molecule has 0 saturated heterocycles. The number of fused-ring (bicyclic) bond motifs is 5. The van der Waals surface area contributed by atoms with Crippen LogP contribution in [0, 0.1) is 5.41 Å². The Bertz CT molecular complexity index is 747. The van der Waals surface area contributed by atoms with Crippen molar-refractivity contribution in [2.45, 2.75) is 44.9 Å². The lowest BCUT2D eigenvalue weighted by Gasteiger charge is -2.34. The van der Waals surface area contributed by atoms with Crippen LogP contribution in [0.15, 0.2) is 24.3 Å². The average Bonchev–Trinajstić information content (AvgIpc) is 3.02. The fourth-order valence-corrected chi connectivity index (χ4v) is 4.65. The molecule has 2 unspecified atom stereocenters. The normalized spacial score (nSPS) is 28.0. The van der Waals surface area contributed by atoms with Crippen LogP contribution < -0.4 is 4.74 Å². The third kappa shape index (κ3) is 1.50. The molecule has 0 amide bonds. The molecule has 0 aliphatic heterocycles. The van der Waals surface area contributed by atoms with Gasteiger partial charge < -0.3 is 4.74 Å². The number of halogens is 1. The summed E-state index contributed by atoms with van der Waals surface area (Å²) in [5.74, 6) is 1.42. The predicted molar refractivity (Wildman–Crippen MR) is 88.2 cm³/mol. The molecule has 1 fully saturated rings. The Morgan fingerprint density at radius 3 is 2.55 bits per heavy atom. The van der Waals surface area contributed by atoms with E-state index in [4.69, 9.17) is 21.4 Å². The molecule has 0 radical (unpaired) electrons. The van der Waals surface area contributed by atoms with E-state index in [0.29, 0.717) is 5.92 Å². The summed E-state index contributed by atoms with van der Waals surface area (Å²) >= 11 is 6.00. The van der Waals surface area contributed by atoms with Crippen LogP contribution in [0.4, 0.5) is 0 Å². The lowest BCUT2D eigenvalue weighted by molar-refractivity contribution is 0.222. The minimum absolute atomic E-state index is 0.137. The first-order valence-electron chi connectivity index (χ1n) is 7.83. The van der Waals surface area contributed by atoms with Gasteiger partial charge in [0.25, 0.3) is 0 Å². The molecule has 2 aromatic rings. The van der Waals surface area contributed by atoms with Gasteiger partial charge in [-0.05, 0) is 48.4 Å². The first-order valence-corrected chi connectivity index (χ1v) is 8.21. The number of rotatable bonds is 2. The van der Waals surface area contributed by atoms with Crippen molar-refractivity contribution >= 4 is 11.6 Å². The van der Waals surface area contributed by atoms with Crippen molar-refractivity contribution < 1.29 is 4.74 Å². The van der Waals surface area contributed by atoms with Crippen LogP contribution >= 0.6 is 11.6 Å². The van der Waals surface area contributed by atoms with Gasteiger partial charge in [0.15, 0.2) is 0 Å². The molecular formula is C18H21ClN2O. The maximum absolute atomic E-state index is 6.00. The second-order valence-corrected chi connectivity index (χ2v) is 7.74. The number of hydrogen-bond donors (Lipinski definition) is 0. The molecule has 2 aliphatic carbocycles. The largest absolute Gasteiger partial charge is 0.481 e. The van der Waals surface area contributed by atoms with Crippen molar-refractivity contribution in [1.82, 2.24) is 9.78 Å². The van der Waals surface area contributed by atoms with E-state index in [2.05, 4.69) is 20.8 Å². The zero-order chi connectivity index (χ0) is 15.7. The number of hydrogen-bond acceptors (Lipinski definition) is 2. The van der Waals surface area contributed by atoms with Crippen LogP contribution in [0.5, 0.6) is 5.88 Å². The van der Waals surface area contributed by atoms with Gasteiger partial charge in [0.1, 0.15) is 0 Å². The van der Waals surface area contributed by atoms with Crippen molar-refractivity contribution in [3.63, 3.8) is 0 Å². The first kappa shape index (κ1) is 14.1. The minimum atomic E-state index is 0.137. The summed E-state index contributed by atoms with van der Waals surface area (Å²) in [7, 11) is 1.74. The Kier molecular flexibility index (Phi) is 2.75. The van der Waals surface area contributed by atoms with E-state index < -0.39 is 0 Å². The fourth-order valence-electron chi connectivity index (χ4n) is 4.52. The van der Waals surface area contributed by atoms with Gasteiger partial charge in [-0.1, -0.05) is 32.4 Å². The Balaban J connectivity index is 1.93. The second-order valence-electron chi connectivity index (χ2n) is 7.30. The molecule has 1 aromatic heterocycles.